The van der Waals surface area contributed by atoms with Crippen molar-refractivity contribution in [2.45, 2.75) is 20.8 Å². The molecule has 0 saturated carbocycles. The first kappa shape index (κ1) is 21.7. The van der Waals surface area contributed by atoms with E-state index in [4.69, 9.17) is 0 Å². The van der Waals surface area contributed by atoms with Crippen molar-refractivity contribution in [1.29, 1.82) is 0 Å². The van der Waals surface area contributed by atoms with E-state index in [0.717, 1.165) is 55.8 Å². The smallest absolute Gasteiger partial charge is 0.226 e. The van der Waals surface area contributed by atoms with Gasteiger partial charge in [0, 0.05) is 40.2 Å². The van der Waals surface area contributed by atoms with Crippen LogP contribution in [-0.4, -0.2) is 40.6 Å². The van der Waals surface area contributed by atoms with E-state index in [9.17, 15) is 4.79 Å². The lowest BCUT2D eigenvalue weighted by Gasteiger charge is -2.08. The van der Waals surface area contributed by atoms with Crippen LogP contribution in [0, 0.1) is 12.8 Å². The molecule has 5 heterocycles. The first-order valence-electron chi connectivity index (χ1n) is 11.7. The third-order valence-corrected chi connectivity index (χ3v) is 6.16. The molecule has 0 fully saturated rings. The van der Waals surface area contributed by atoms with E-state index in [-0.39, 0.29) is 11.8 Å². The third kappa shape index (κ3) is 3.80. The largest absolute Gasteiger partial charge is 0.353 e. The van der Waals surface area contributed by atoms with E-state index in [2.05, 4.69) is 53.6 Å². The van der Waals surface area contributed by atoms with Crippen molar-refractivity contribution in [1.82, 2.24) is 34.7 Å². The molecule has 0 unspecified atom stereocenters. The molecule has 0 aliphatic heterocycles. The number of H-pyrrole nitrogens is 2. The third-order valence-electron chi connectivity index (χ3n) is 6.16. The first-order chi connectivity index (χ1) is 17.5. The molecule has 0 radical (unpaired) electrons. The second-order valence-corrected chi connectivity index (χ2v) is 9.14. The molecule has 36 heavy (non-hydrogen) atoms. The van der Waals surface area contributed by atoms with E-state index < -0.39 is 0 Å². The SMILES string of the molecule is Cc1cn(-c2cccc3[nH]c(-c4n[nH]c5cnc(-c6cncc(NC(=O)C(C)C)c6)cc45)cc23)cn1. The van der Waals surface area contributed by atoms with Gasteiger partial charge < -0.3 is 14.9 Å². The van der Waals surface area contributed by atoms with Crippen LogP contribution in [0.4, 0.5) is 5.69 Å². The Labute approximate surface area is 206 Å². The molecule has 0 bridgehead atoms. The summed E-state index contributed by atoms with van der Waals surface area (Å²) in [6.45, 7) is 5.68. The van der Waals surface area contributed by atoms with E-state index in [0.29, 0.717) is 5.69 Å². The molecular formula is C27H24N8O. The molecule has 1 aromatic carbocycles. The molecule has 178 valence electrons. The van der Waals surface area contributed by atoms with Gasteiger partial charge in [-0.3, -0.25) is 19.9 Å². The van der Waals surface area contributed by atoms with Crippen molar-refractivity contribution in [3.05, 3.63) is 73.2 Å². The van der Waals surface area contributed by atoms with E-state index >= 15 is 0 Å². The minimum Gasteiger partial charge on any atom is -0.353 e. The van der Waals surface area contributed by atoms with Crippen LogP contribution in [0.25, 0.3) is 50.1 Å². The molecular weight excluding hydrogens is 452 g/mol. The highest BCUT2D eigenvalue weighted by Crippen LogP contribution is 2.33. The number of nitrogens with zero attached hydrogens (tertiary/aromatic N) is 5. The number of amides is 1. The fraction of sp³-hybridized carbons (Fsp3) is 0.148. The average Bonchev–Trinajstić information content (AvgIpc) is 3.61. The standard InChI is InChI=1S/C27H24N8O/c1-15(2)27(36)31-18-7-17(10-28-11-18)22-9-20-24(12-29-22)33-34-26(20)23-8-19-21(32-23)5-4-6-25(19)35-13-16(3)30-14-35/h4-15,32H,1-3H3,(H,31,36)(H,33,34). The average molecular weight is 477 g/mol. The maximum atomic E-state index is 12.1. The Bertz CT molecular complexity index is 1740. The molecule has 3 N–H and O–H groups in total. The lowest BCUT2D eigenvalue weighted by molar-refractivity contribution is -0.118. The number of carbonyl (C=O) groups is 1. The van der Waals surface area contributed by atoms with Gasteiger partial charge in [0.25, 0.3) is 0 Å². The van der Waals surface area contributed by atoms with Crippen LogP contribution < -0.4 is 5.32 Å². The van der Waals surface area contributed by atoms with Crippen LogP contribution >= 0.6 is 0 Å². The van der Waals surface area contributed by atoms with Crippen LogP contribution in [0.15, 0.2) is 67.5 Å². The molecule has 0 aliphatic carbocycles. The van der Waals surface area contributed by atoms with E-state index in [1.807, 2.05) is 56.1 Å². The Balaban J connectivity index is 1.41. The van der Waals surface area contributed by atoms with Gasteiger partial charge in [-0.1, -0.05) is 19.9 Å². The second kappa shape index (κ2) is 8.46. The number of hydrogen-bond acceptors (Lipinski definition) is 5. The number of fused-ring (bicyclic) bond motifs is 2. The predicted octanol–water partition coefficient (Wildman–Crippen LogP) is 5.26. The number of imidazole rings is 1. The minimum atomic E-state index is -0.119. The topological polar surface area (TPSA) is 117 Å². The maximum absolute atomic E-state index is 12.1. The number of carbonyl (C=O) groups excluding carboxylic acids is 1. The lowest BCUT2D eigenvalue weighted by Crippen LogP contribution is -2.17. The summed E-state index contributed by atoms with van der Waals surface area (Å²) in [5.41, 5.74) is 7.73. The molecule has 0 saturated heterocycles. The molecule has 9 nitrogen and oxygen atoms in total. The number of benzene rings is 1. The minimum absolute atomic E-state index is 0.0569. The van der Waals surface area contributed by atoms with Gasteiger partial charge in [-0.25, -0.2) is 4.98 Å². The fourth-order valence-corrected chi connectivity index (χ4v) is 4.26. The zero-order valence-corrected chi connectivity index (χ0v) is 20.1. The fourth-order valence-electron chi connectivity index (χ4n) is 4.26. The van der Waals surface area contributed by atoms with Crippen LogP contribution in [0.5, 0.6) is 0 Å². The van der Waals surface area contributed by atoms with E-state index in [1.54, 1.807) is 18.6 Å². The molecule has 0 atom stereocenters. The Hall–Kier alpha value is -4.79. The Kier molecular flexibility index (Phi) is 5.10. The number of hydrogen-bond donors (Lipinski definition) is 3. The highest BCUT2D eigenvalue weighted by molar-refractivity contribution is 5.99. The van der Waals surface area contributed by atoms with E-state index in [1.165, 1.54) is 0 Å². The highest BCUT2D eigenvalue weighted by atomic mass is 16.1. The maximum Gasteiger partial charge on any atom is 0.226 e. The summed E-state index contributed by atoms with van der Waals surface area (Å²) >= 11 is 0. The van der Waals surface area contributed by atoms with Crippen molar-refractivity contribution in [2.24, 2.45) is 5.92 Å². The highest BCUT2D eigenvalue weighted by Gasteiger charge is 2.15. The quantitative estimate of drug-likeness (QED) is 0.314. The van der Waals surface area contributed by atoms with Gasteiger partial charge >= 0.3 is 0 Å². The van der Waals surface area contributed by atoms with Crippen molar-refractivity contribution in [3.63, 3.8) is 0 Å². The Morgan fingerprint density at radius 2 is 1.92 bits per heavy atom. The first-order valence-corrected chi connectivity index (χ1v) is 11.7. The van der Waals surface area contributed by atoms with Crippen molar-refractivity contribution in [3.8, 4) is 28.3 Å². The summed E-state index contributed by atoms with van der Waals surface area (Å²) in [6.07, 6.45) is 8.97. The summed E-state index contributed by atoms with van der Waals surface area (Å²) < 4.78 is 2.03. The zero-order chi connectivity index (χ0) is 24.8. The number of aromatic amines is 2. The summed E-state index contributed by atoms with van der Waals surface area (Å²) in [7, 11) is 0. The second-order valence-electron chi connectivity index (χ2n) is 9.14. The number of anilines is 1. The molecule has 0 spiro atoms. The zero-order valence-electron chi connectivity index (χ0n) is 20.1. The monoisotopic (exact) mass is 476 g/mol. The van der Waals surface area contributed by atoms with Crippen LogP contribution in [0.3, 0.4) is 0 Å². The normalized spacial score (nSPS) is 11.6. The van der Waals surface area contributed by atoms with Gasteiger partial charge in [0.15, 0.2) is 0 Å². The molecule has 5 aromatic heterocycles. The summed E-state index contributed by atoms with van der Waals surface area (Å²) in [5, 5.41) is 12.6. The molecule has 1 amide bonds. The van der Waals surface area contributed by atoms with Gasteiger partial charge in [-0.2, -0.15) is 5.10 Å². The molecule has 9 heteroatoms. The van der Waals surface area contributed by atoms with Gasteiger partial charge in [0.2, 0.25) is 5.91 Å². The summed E-state index contributed by atoms with van der Waals surface area (Å²) in [4.78, 5) is 28.9. The van der Waals surface area contributed by atoms with Gasteiger partial charge in [0.05, 0.1) is 52.7 Å². The summed E-state index contributed by atoms with van der Waals surface area (Å²) in [6, 6.07) is 12.1. The Morgan fingerprint density at radius 3 is 2.72 bits per heavy atom. The van der Waals surface area contributed by atoms with Crippen molar-refractivity contribution < 1.29 is 4.79 Å². The molecule has 6 aromatic rings. The van der Waals surface area contributed by atoms with Gasteiger partial charge in [0.1, 0.15) is 5.69 Å². The van der Waals surface area contributed by atoms with Crippen LogP contribution in [0.2, 0.25) is 0 Å². The van der Waals surface area contributed by atoms with Crippen molar-refractivity contribution in [2.75, 3.05) is 5.32 Å². The van der Waals surface area contributed by atoms with Gasteiger partial charge in [-0.15, -0.1) is 0 Å². The lowest BCUT2D eigenvalue weighted by atomic mass is 10.1. The molecule has 6 rings (SSSR count). The number of aromatic nitrogens is 7. The van der Waals surface area contributed by atoms with Gasteiger partial charge in [-0.05, 0) is 37.3 Å². The Morgan fingerprint density at radius 1 is 1.03 bits per heavy atom. The number of rotatable bonds is 5. The van der Waals surface area contributed by atoms with Crippen LogP contribution in [0.1, 0.15) is 19.5 Å². The number of pyridine rings is 2. The molecule has 0 aliphatic rings. The van der Waals surface area contributed by atoms with Crippen LogP contribution in [-0.2, 0) is 4.79 Å². The number of nitrogens with one attached hydrogen (secondary N) is 3. The van der Waals surface area contributed by atoms with Crippen molar-refractivity contribution >= 4 is 33.4 Å². The predicted molar refractivity (Wildman–Crippen MR) is 140 cm³/mol. The summed E-state index contributed by atoms with van der Waals surface area (Å²) in [5.74, 6) is -0.176. The number of aryl methyl sites for hydroxylation is 1.